The average Bonchev–Trinajstić information content (AvgIpc) is 3.16. The minimum atomic E-state index is -0.160. The maximum absolute atomic E-state index is 12.6. The first-order chi connectivity index (χ1) is 15.1. The summed E-state index contributed by atoms with van der Waals surface area (Å²) in [7, 11) is 0. The fourth-order valence-corrected chi connectivity index (χ4v) is 4.40. The summed E-state index contributed by atoms with van der Waals surface area (Å²) in [6.07, 6.45) is 5.86. The van der Waals surface area contributed by atoms with E-state index in [-0.39, 0.29) is 11.7 Å². The fraction of sp³-hybridized carbons (Fsp3) is 0.348. The normalized spacial score (nSPS) is 14.4. The number of carbonyl (C=O) groups is 1. The molecule has 0 radical (unpaired) electrons. The standard InChI is InChI=1S/C23H27N5O2S/c1-16-11-13-18(14-12-16)30-20-10-6-5-9-19(20)25-21(29)15-31-23-27-26-22(28(23)24)17-7-3-2-4-8-17/h5-6,9-14,17H,2-4,7-8,15,24H2,1H3,(H,25,29). The molecule has 4 rings (SSSR count). The van der Waals surface area contributed by atoms with Crippen LogP contribution in [0.2, 0.25) is 0 Å². The Kier molecular flexibility index (Phi) is 6.76. The van der Waals surface area contributed by atoms with Gasteiger partial charge in [-0.3, -0.25) is 4.79 Å². The van der Waals surface area contributed by atoms with Crippen LogP contribution in [0.4, 0.5) is 5.69 Å². The lowest BCUT2D eigenvalue weighted by Crippen LogP contribution is -2.20. The zero-order chi connectivity index (χ0) is 21.6. The molecule has 0 bridgehead atoms. The molecule has 1 aliphatic rings. The highest BCUT2D eigenvalue weighted by atomic mass is 32.2. The number of nitrogens with zero attached hydrogens (tertiary/aromatic N) is 3. The summed E-state index contributed by atoms with van der Waals surface area (Å²) in [6, 6.07) is 15.2. The molecule has 1 amide bonds. The Balaban J connectivity index is 1.36. The van der Waals surface area contributed by atoms with E-state index in [4.69, 9.17) is 10.6 Å². The van der Waals surface area contributed by atoms with Crippen molar-refractivity contribution in [2.45, 2.75) is 50.1 Å². The first-order valence-electron chi connectivity index (χ1n) is 10.6. The summed E-state index contributed by atoms with van der Waals surface area (Å²) < 4.78 is 7.49. The molecule has 0 atom stereocenters. The summed E-state index contributed by atoms with van der Waals surface area (Å²) in [5.41, 5.74) is 1.77. The van der Waals surface area contributed by atoms with Crippen LogP contribution in [0, 0.1) is 6.92 Å². The van der Waals surface area contributed by atoms with Crippen LogP contribution in [0.1, 0.15) is 49.4 Å². The maximum Gasteiger partial charge on any atom is 0.234 e. The van der Waals surface area contributed by atoms with E-state index in [2.05, 4.69) is 15.5 Å². The minimum Gasteiger partial charge on any atom is -0.455 e. The van der Waals surface area contributed by atoms with Gasteiger partial charge >= 0.3 is 0 Å². The maximum atomic E-state index is 12.6. The molecule has 3 aromatic rings. The number of benzene rings is 2. The molecule has 162 valence electrons. The molecule has 0 aliphatic heterocycles. The first-order valence-corrected chi connectivity index (χ1v) is 11.6. The smallest absolute Gasteiger partial charge is 0.234 e. The van der Waals surface area contributed by atoms with Gasteiger partial charge in [0.25, 0.3) is 0 Å². The zero-order valence-electron chi connectivity index (χ0n) is 17.6. The van der Waals surface area contributed by atoms with Gasteiger partial charge in [-0.2, -0.15) is 0 Å². The lowest BCUT2D eigenvalue weighted by atomic mass is 9.89. The number of para-hydroxylation sites is 2. The van der Waals surface area contributed by atoms with Gasteiger partial charge in [0.15, 0.2) is 11.6 Å². The van der Waals surface area contributed by atoms with E-state index >= 15 is 0 Å². The second kappa shape index (κ2) is 9.87. The Morgan fingerprint density at radius 1 is 1.13 bits per heavy atom. The van der Waals surface area contributed by atoms with Crippen LogP contribution in [0.5, 0.6) is 11.5 Å². The van der Waals surface area contributed by atoms with Gasteiger partial charge in [0.2, 0.25) is 11.1 Å². The molecule has 31 heavy (non-hydrogen) atoms. The van der Waals surface area contributed by atoms with Crippen molar-refractivity contribution in [3.63, 3.8) is 0 Å². The van der Waals surface area contributed by atoms with E-state index < -0.39 is 0 Å². The van der Waals surface area contributed by atoms with Gasteiger partial charge in [0.05, 0.1) is 11.4 Å². The van der Waals surface area contributed by atoms with Crippen LogP contribution >= 0.6 is 11.8 Å². The molecule has 1 aliphatic carbocycles. The highest BCUT2D eigenvalue weighted by Crippen LogP contribution is 2.33. The molecule has 1 saturated carbocycles. The van der Waals surface area contributed by atoms with Gasteiger partial charge in [-0.25, -0.2) is 4.68 Å². The van der Waals surface area contributed by atoms with Crippen molar-refractivity contribution in [1.29, 1.82) is 0 Å². The van der Waals surface area contributed by atoms with E-state index in [0.717, 1.165) is 24.2 Å². The van der Waals surface area contributed by atoms with Gasteiger partial charge in [-0.05, 0) is 44.0 Å². The molecule has 0 unspecified atom stereocenters. The van der Waals surface area contributed by atoms with Crippen molar-refractivity contribution in [3.8, 4) is 11.5 Å². The largest absolute Gasteiger partial charge is 0.455 e. The Morgan fingerprint density at radius 3 is 2.65 bits per heavy atom. The summed E-state index contributed by atoms with van der Waals surface area (Å²) in [6.45, 7) is 2.02. The minimum absolute atomic E-state index is 0.160. The van der Waals surface area contributed by atoms with E-state index in [1.54, 1.807) is 4.68 Å². The Labute approximate surface area is 186 Å². The van der Waals surface area contributed by atoms with Crippen molar-refractivity contribution >= 4 is 23.4 Å². The summed E-state index contributed by atoms with van der Waals surface area (Å²) in [4.78, 5) is 12.6. The predicted octanol–water partition coefficient (Wildman–Crippen LogP) is 4.87. The Hall–Kier alpha value is -3.00. The van der Waals surface area contributed by atoms with Crippen molar-refractivity contribution in [2.24, 2.45) is 0 Å². The second-order valence-corrected chi connectivity index (χ2v) is 8.74. The predicted molar refractivity (Wildman–Crippen MR) is 123 cm³/mol. The number of hydrogen-bond acceptors (Lipinski definition) is 6. The summed E-state index contributed by atoms with van der Waals surface area (Å²) in [5, 5.41) is 12.0. The van der Waals surface area contributed by atoms with E-state index in [1.165, 1.54) is 31.0 Å². The zero-order valence-corrected chi connectivity index (χ0v) is 18.4. The van der Waals surface area contributed by atoms with Crippen molar-refractivity contribution in [1.82, 2.24) is 14.9 Å². The van der Waals surface area contributed by atoms with Crippen LogP contribution in [0.3, 0.4) is 0 Å². The lowest BCUT2D eigenvalue weighted by Gasteiger charge is -2.20. The molecule has 2 aromatic carbocycles. The number of aromatic nitrogens is 3. The molecule has 1 heterocycles. The van der Waals surface area contributed by atoms with Gasteiger partial charge in [-0.1, -0.05) is 60.9 Å². The lowest BCUT2D eigenvalue weighted by molar-refractivity contribution is -0.113. The van der Waals surface area contributed by atoms with Crippen LogP contribution < -0.4 is 15.9 Å². The van der Waals surface area contributed by atoms with E-state index in [0.29, 0.717) is 28.3 Å². The number of carbonyl (C=O) groups excluding carboxylic acids is 1. The quantitative estimate of drug-likeness (QED) is 0.404. The third-order valence-electron chi connectivity index (χ3n) is 5.40. The number of ether oxygens (including phenoxy) is 1. The first kappa shape index (κ1) is 21.2. The Morgan fingerprint density at radius 2 is 1.87 bits per heavy atom. The number of nitrogen functional groups attached to an aromatic ring is 1. The topological polar surface area (TPSA) is 95.1 Å². The van der Waals surface area contributed by atoms with Gasteiger partial charge in [-0.15, -0.1) is 10.2 Å². The molecule has 1 aromatic heterocycles. The van der Waals surface area contributed by atoms with E-state index in [9.17, 15) is 4.79 Å². The third-order valence-corrected chi connectivity index (χ3v) is 6.35. The van der Waals surface area contributed by atoms with Crippen LogP contribution in [-0.2, 0) is 4.79 Å². The number of hydrogen-bond donors (Lipinski definition) is 2. The van der Waals surface area contributed by atoms with Gasteiger partial charge in [0.1, 0.15) is 5.75 Å². The average molecular weight is 438 g/mol. The van der Waals surface area contributed by atoms with Gasteiger partial charge < -0.3 is 15.9 Å². The van der Waals surface area contributed by atoms with Crippen molar-refractivity contribution in [2.75, 3.05) is 16.9 Å². The SMILES string of the molecule is Cc1ccc(Oc2ccccc2NC(=O)CSc2nnc(C3CCCCC3)n2N)cc1. The second-order valence-electron chi connectivity index (χ2n) is 7.79. The number of thioether (sulfide) groups is 1. The van der Waals surface area contributed by atoms with E-state index in [1.807, 2.05) is 55.5 Å². The molecule has 3 N–H and O–H groups in total. The molecule has 8 heteroatoms. The van der Waals surface area contributed by atoms with Crippen molar-refractivity contribution < 1.29 is 9.53 Å². The molecular weight excluding hydrogens is 410 g/mol. The monoisotopic (exact) mass is 437 g/mol. The molecule has 7 nitrogen and oxygen atoms in total. The fourth-order valence-electron chi connectivity index (χ4n) is 3.73. The molecular formula is C23H27N5O2S. The van der Waals surface area contributed by atoms with Crippen molar-refractivity contribution in [3.05, 3.63) is 59.9 Å². The number of nitrogens with one attached hydrogen (secondary N) is 1. The highest BCUT2D eigenvalue weighted by molar-refractivity contribution is 7.99. The Bertz CT molecular complexity index is 1030. The highest BCUT2D eigenvalue weighted by Gasteiger charge is 2.23. The molecule has 0 spiro atoms. The number of rotatable bonds is 7. The summed E-state index contributed by atoms with van der Waals surface area (Å²) >= 11 is 1.28. The van der Waals surface area contributed by atoms with Crippen LogP contribution in [0.15, 0.2) is 53.7 Å². The third kappa shape index (κ3) is 5.38. The molecule has 1 fully saturated rings. The number of amides is 1. The van der Waals surface area contributed by atoms with Crippen LogP contribution in [0.25, 0.3) is 0 Å². The molecule has 0 saturated heterocycles. The van der Waals surface area contributed by atoms with Crippen LogP contribution in [-0.4, -0.2) is 26.5 Å². The number of nitrogens with two attached hydrogens (primary N) is 1. The summed E-state index contributed by atoms with van der Waals surface area (Å²) in [5.74, 6) is 8.72. The number of anilines is 1. The van der Waals surface area contributed by atoms with Gasteiger partial charge in [0, 0.05) is 5.92 Å². The number of aryl methyl sites for hydroxylation is 1.